The lowest BCUT2D eigenvalue weighted by Crippen LogP contribution is -2.44. The molecule has 5 nitrogen and oxygen atoms in total. The number of hydrogen-bond donors (Lipinski definition) is 1. The van der Waals surface area contributed by atoms with Crippen LogP contribution in [0.25, 0.3) is 17.0 Å². The standard InChI is InChI=1S/C27H18Cl2FN3O2S2/c1-15-6-9-20(22(29)10-15)25(34)31-33-26(35)24(37-27(33)36)11-17-14-32(23-5-3-2-4-19(17)23)13-16-7-8-18(30)12-21(16)28/h2-12,14H,13H2,1H3,(H,31,34)/b24-11-. The van der Waals surface area contributed by atoms with E-state index >= 15 is 0 Å². The first kappa shape index (κ1) is 25.5. The number of nitrogens with zero attached hydrogens (tertiary/aromatic N) is 2. The van der Waals surface area contributed by atoms with Crippen molar-refractivity contribution < 1.29 is 14.0 Å². The zero-order valence-corrected chi connectivity index (χ0v) is 22.4. The Morgan fingerprint density at radius 1 is 1.11 bits per heavy atom. The van der Waals surface area contributed by atoms with Gasteiger partial charge in [-0.3, -0.25) is 15.0 Å². The largest absolute Gasteiger partial charge is 0.342 e. The molecule has 1 fully saturated rings. The van der Waals surface area contributed by atoms with Crippen molar-refractivity contribution >= 4 is 80.3 Å². The molecule has 0 bridgehead atoms. The summed E-state index contributed by atoms with van der Waals surface area (Å²) in [6.45, 7) is 2.29. The van der Waals surface area contributed by atoms with Crippen LogP contribution in [0.3, 0.4) is 0 Å². The van der Waals surface area contributed by atoms with Crippen LogP contribution >= 0.6 is 47.2 Å². The molecule has 10 heteroatoms. The molecule has 0 atom stereocenters. The van der Waals surface area contributed by atoms with Gasteiger partial charge in [0.1, 0.15) is 5.82 Å². The van der Waals surface area contributed by atoms with E-state index in [1.165, 1.54) is 12.1 Å². The van der Waals surface area contributed by atoms with Crippen molar-refractivity contribution in [3.8, 4) is 0 Å². The molecule has 2 heterocycles. The number of halogens is 3. The number of hydrazine groups is 1. The first-order valence-electron chi connectivity index (χ1n) is 11.1. The number of nitrogens with one attached hydrogen (secondary N) is 1. The fraction of sp³-hybridized carbons (Fsp3) is 0.0741. The fourth-order valence-corrected chi connectivity index (χ4v) is 5.74. The molecule has 3 aromatic carbocycles. The Morgan fingerprint density at radius 3 is 2.65 bits per heavy atom. The summed E-state index contributed by atoms with van der Waals surface area (Å²) in [6, 6.07) is 17.1. The molecular weight excluding hydrogens is 552 g/mol. The van der Waals surface area contributed by atoms with E-state index in [9.17, 15) is 14.0 Å². The second-order valence-corrected chi connectivity index (χ2v) is 10.9. The molecular formula is C27H18Cl2FN3O2S2. The van der Waals surface area contributed by atoms with Crippen molar-refractivity contribution in [1.29, 1.82) is 0 Å². The number of amides is 2. The van der Waals surface area contributed by atoms with Crippen LogP contribution in [-0.2, 0) is 11.3 Å². The van der Waals surface area contributed by atoms with Crippen LogP contribution in [0, 0.1) is 12.7 Å². The summed E-state index contributed by atoms with van der Waals surface area (Å²) in [7, 11) is 0. The Labute approximate surface area is 231 Å². The van der Waals surface area contributed by atoms with Crippen molar-refractivity contribution in [1.82, 2.24) is 15.0 Å². The first-order chi connectivity index (χ1) is 17.7. The van der Waals surface area contributed by atoms with Crippen LogP contribution in [0.5, 0.6) is 0 Å². The molecule has 0 radical (unpaired) electrons. The Hall–Kier alpha value is -3.17. The van der Waals surface area contributed by atoms with Gasteiger partial charge in [-0.05, 0) is 66.7 Å². The van der Waals surface area contributed by atoms with E-state index in [2.05, 4.69) is 5.43 Å². The van der Waals surface area contributed by atoms with Gasteiger partial charge in [-0.25, -0.2) is 4.39 Å². The van der Waals surface area contributed by atoms with Gasteiger partial charge in [0.2, 0.25) is 0 Å². The van der Waals surface area contributed by atoms with Gasteiger partial charge in [0, 0.05) is 34.2 Å². The van der Waals surface area contributed by atoms with Crippen molar-refractivity contribution in [3.63, 3.8) is 0 Å². The van der Waals surface area contributed by atoms with E-state index in [0.29, 0.717) is 16.5 Å². The van der Waals surface area contributed by atoms with E-state index < -0.39 is 17.6 Å². The number of fused-ring (bicyclic) bond motifs is 1. The van der Waals surface area contributed by atoms with Crippen LogP contribution in [0.15, 0.2) is 71.8 Å². The predicted molar refractivity (Wildman–Crippen MR) is 151 cm³/mol. The number of thiocarbonyl (C=S) groups is 1. The minimum Gasteiger partial charge on any atom is -0.342 e. The third-order valence-corrected chi connectivity index (χ3v) is 7.80. The Kier molecular flexibility index (Phi) is 7.09. The highest BCUT2D eigenvalue weighted by atomic mass is 35.5. The van der Waals surface area contributed by atoms with Gasteiger partial charge in [0.05, 0.1) is 15.5 Å². The summed E-state index contributed by atoms with van der Waals surface area (Å²) < 4.78 is 15.7. The van der Waals surface area contributed by atoms with Gasteiger partial charge < -0.3 is 4.57 Å². The third-order valence-electron chi connectivity index (χ3n) is 5.84. The maximum Gasteiger partial charge on any atom is 0.285 e. The average Bonchev–Trinajstić information content (AvgIpc) is 3.32. The van der Waals surface area contributed by atoms with Gasteiger partial charge in [-0.1, -0.05) is 65.3 Å². The normalized spacial score (nSPS) is 14.7. The molecule has 186 valence electrons. The summed E-state index contributed by atoms with van der Waals surface area (Å²) in [5, 5.41) is 2.60. The highest BCUT2D eigenvalue weighted by molar-refractivity contribution is 8.26. The molecule has 1 N–H and O–H groups in total. The van der Waals surface area contributed by atoms with E-state index in [1.807, 2.05) is 42.0 Å². The lowest BCUT2D eigenvalue weighted by atomic mass is 10.1. The monoisotopic (exact) mass is 569 g/mol. The fourth-order valence-electron chi connectivity index (χ4n) is 4.03. The molecule has 1 aliphatic heterocycles. The summed E-state index contributed by atoms with van der Waals surface area (Å²) in [4.78, 5) is 26.3. The summed E-state index contributed by atoms with van der Waals surface area (Å²) >= 11 is 18.9. The molecule has 4 aromatic rings. The lowest BCUT2D eigenvalue weighted by molar-refractivity contribution is -0.123. The molecule has 5 rings (SSSR count). The molecule has 1 saturated heterocycles. The summed E-state index contributed by atoms with van der Waals surface area (Å²) in [6.07, 6.45) is 3.65. The Morgan fingerprint density at radius 2 is 1.89 bits per heavy atom. The van der Waals surface area contributed by atoms with Crippen LogP contribution in [-0.4, -0.2) is 25.7 Å². The van der Waals surface area contributed by atoms with Crippen molar-refractivity contribution in [3.05, 3.63) is 110 Å². The van der Waals surface area contributed by atoms with Gasteiger partial charge in [0.15, 0.2) is 4.32 Å². The van der Waals surface area contributed by atoms with Gasteiger partial charge in [-0.15, -0.1) is 0 Å². The van der Waals surface area contributed by atoms with Crippen molar-refractivity contribution in [2.45, 2.75) is 13.5 Å². The second-order valence-electron chi connectivity index (χ2n) is 8.41. The van der Waals surface area contributed by atoms with E-state index in [4.69, 9.17) is 35.4 Å². The molecule has 0 aliphatic carbocycles. The van der Waals surface area contributed by atoms with Crippen LogP contribution < -0.4 is 5.43 Å². The summed E-state index contributed by atoms with van der Waals surface area (Å²) in [5.74, 6) is -1.37. The van der Waals surface area contributed by atoms with E-state index in [1.54, 1.807) is 30.3 Å². The molecule has 1 aromatic heterocycles. The van der Waals surface area contributed by atoms with E-state index in [0.717, 1.165) is 44.4 Å². The number of rotatable bonds is 5. The number of carbonyl (C=O) groups excluding carboxylic acids is 2. The number of aromatic nitrogens is 1. The number of thioether (sulfide) groups is 1. The predicted octanol–water partition coefficient (Wildman–Crippen LogP) is 6.99. The van der Waals surface area contributed by atoms with Gasteiger partial charge in [0.25, 0.3) is 11.8 Å². The number of benzene rings is 3. The quantitative estimate of drug-likeness (QED) is 0.208. The third kappa shape index (κ3) is 5.15. The number of hydrogen-bond acceptors (Lipinski definition) is 4. The highest BCUT2D eigenvalue weighted by Gasteiger charge is 2.34. The summed E-state index contributed by atoms with van der Waals surface area (Å²) in [5.41, 5.74) is 6.20. The molecule has 0 spiro atoms. The van der Waals surface area contributed by atoms with Crippen LogP contribution in [0.1, 0.15) is 27.0 Å². The van der Waals surface area contributed by atoms with Gasteiger partial charge in [-0.2, -0.15) is 5.01 Å². The van der Waals surface area contributed by atoms with E-state index in [-0.39, 0.29) is 14.9 Å². The minimum absolute atomic E-state index is 0.203. The maximum absolute atomic E-state index is 13.5. The topological polar surface area (TPSA) is 54.3 Å². The molecule has 0 saturated carbocycles. The van der Waals surface area contributed by atoms with Gasteiger partial charge >= 0.3 is 0 Å². The number of aryl methyl sites for hydroxylation is 1. The lowest BCUT2D eigenvalue weighted by Gasteiger charge is -2.16. The maximum atomic E-state index is 13.5. The number of carbonyl (C=O) groups is 2. The number of para-hydroxylation sites is 1. The van der Waals surface area contributed by atoms with Crippen LogP contribution in [0.4, 0.5) is 4.39 Å². The SMILES string of the molecule is Cc1ccc(C(=O)NN2C(=O)/C(=C/c3cn(Cc4ccc(F)cc4Cl)c4ccccc34)SC2=S)c(Cl)c1. The Balaban J connectivity index is 1.43. The van der Waals surface area contributed by atoms with Crippen molar-refractivity contribution in [2.24, 2.45) is 0 Å². The zero-order chi connectivity index (χ0) is 26.3. The zero-order valence-electron chi connectivity index (χ0n) is 19.3. The molecule has 2 amide bonds. The smallest absolute Gasteiger partial charge is 0.285 e. The Bertz CT molecular complexity index is 1630. The first-order valence-corrected chi connectivity index (χ1v) is 13.1. The van der Waals surface area contributed by atoms with Crippen LogP contribution in [0.2, 0.25) is 10.0 Å². The highest BCUT2D eigenvalue weighted by Crippen LogP contribution is 2.34. The van der Waals surface area contributed by atoms with Crippen molar-refractivity contribution in [2.75, 3.05) is 0 Å². The molecule has 0 unspecified atom stereocenters. The average molecular weight is 570 g/mol. The minimum atomic E-state index is -0.532. The second kappa shape index (κ2) is 10.3. The molecule has 37 heavy (non-hydrogen) atoms. The molecule has 1 aliphatic rings.